The molecule has 0 bridgehead atoms. The van der Waals surface area contributed by atoms with Gasteiger partial charge in [-0.1, -0.05) is 11.6 Å². The predicted molar refractivity (Wildman–Crippen MR) is 50.5 cm³/mol. The summed E-state index contributed by atoms with van der Waals surface area (Å²) in [7, 11) is 0. The van der Waals surface area contributed by atoms with Gasteiger partial charge in [-0.25, -0.2) is 0 Å². The summed E-state index contributed by atoms with van der Waals surface area (Å²) in [5.74, 6) is 0.412. The first kappa shape index (κ1) is 9.21. The predicted octanol–water partition coefficient (Wildman–Crippen LogP) is 0.742. The van der Waals surface area contributed by atoms with Gasteiger partial charge in [0, 0.05) is 12.6 Å². The molecular weight excluding hydrogens is 182 g/mol. The highest BCUT2D eigenvalue weighted by molar-refractivity contribution is 5.95. The fourth-order valence-corrected chi connectivity index (χ4v) is 1.65. The molecule has 1 aromatic heterocycles. The van der Waals surface area contributed by atoms with Crippen molar-refractivity contribution in [2.24, 2.45) is 11.1 Å². The van der Waals surface area contributed by atoms with E-state index < -0.39 is 0 Å². The number of aromatic nitrogens is 1. The van der Waals surface area contributed by atoms with Crippen molar-refractivity contribution < 1.29 is 9.32 Å². The lowest BCUT2D eigenvalue weighted by molar-refractivity contribution is -0.129. The molecule has 1 aliphatic carbocycles. The fraction of sp³-hybridized carbons (Fsp3) is 0.556. The van der Waals surface area contributed by atoms with Crippen LogP contribution in [0.4, 0.5) is 5.82 Å². The first-order valence-corrected chi connectivity index (χ1v) is 4.69. The Morgan fingerprint density at radius 1 is 1.71 bits per heavy atom. The molecule has 1 aliphatic rings. The van der Waals surface area contributed by atoms with Gasteiger partial charge in [-0.2, -0.15) is 0 Å². The minimum Gasteiger partial charge on any atom is -0.363 e. The van der Waals surface area contributed by atoms with Crippen molar-refractivity contribution in [2.45, 2.75) is 19.3 Å². The first-order valence-electron chi connectivity index (χ1n) is 4.69. The van der Waals surface area contributed by atoms with E-state index in [-0.39, 0.29) is 11.3 Å². The number of carbonyl (C=O) groups is 1. The molecule has 0 aliphatic heterocycles. The maximum atomic E-state index is 11.8. The lowest BCUT2D eigenvalue weighted by Crippen LogP contribution is -2.47. The van der Waals surface area contributed by atoms with Gasteiger partial charge in [-0.3, -0.25) is 4.79 Å². The summed E-state index contributed by atoms with van der Waals surface area (Å²) in [6, 6.07) is 1.61. The largest absolute Gasteiger partial charge is 0.363 e. The minimum atomic E-state index is -0.362. The maximum Gasteiger partial charge on any atom is 0.233 e. The van der Waals surface area contributed by atoms with Crippen LogP contribution in [0.25, 0.3) is 0 Å². The lowest BCUT2D eigenvalue weighted by atomic mass is 9.68. The van der Waals surface area contributed by atoms with E-state index >= 15 is 0 Å². The Morgan fingerprint density at radius 2 is 2.50 bits per heavy atom. The molecule has 0 unspecified atom stereocenters. The fourth-order valence-electron chi connectivity index (χ4n) is 1.65. The van der Waals surface area contributed by atoms with Crippen LogP contribution >= 0.6 is 0 Å². The summed E-state index contributed by atoms with van der Waals surface area (Å²) in [5.41, 5.74) is 5.23. The number of hydrogen-bond donors (Lipinski definition) is 2. The van der Waals surface area contributed by atoms with Gasteiger partial charge in [0.2, 0.25) is 5.91 Å². The van der Waals surface area contributed by atoms with Crippen molar-refractivity contribution in [1.29, 1.82) is 0 Å². The number of anilines is 1. The van der Waals surface area contributed by atoms with E-state index in [0.29, 0.717) is 12.4 Å². The summed E-state index contributed by atoms with van der Waals surface area (Å²) in [5, 5.41) is 6.31. The average Bonchev–Trinajstić information content (AvgIpc) is 2.55. The number of carbonyl (C=O) groups excluding carboxylic acids is 1. The molecule has 1 heterocycles. The van der Waals surface area contributed by atoms with Crippen LogP contribution < -0.4 is 11.1 Å². The maximum absolute atomic E-state index is 11.8. The minimum absolute atomic E-state index is 0.0415. The Morgan fingerprint density at radius 3 is 2.93 bits per heavy atom. The molecule has 1 fully saturated rings. The first-order chi connectivity index (χ1) is 6.77. The molecule has 1 saturated carbocycles. The average molecular weight is 195 g/mol. The molecule has 5 nitrogen and oxygen atoms in total. The SMILES string of the molecule is NCC1(C(=O)Nc2ccon2)CCC1. The standard InChI is InChI=1S/C9H13N3O2/c10-6-9(3-1-4-9)8(13)11-7-2-5-14-12-7/h2,5H,1,3-4,6,10H2,(H,11,12,13). The molecule has 0 saturated heterocycles. The summed E-state index contributed by atoms with van der Waals surface area (Å²) in [4.78, 5) is 11.8. The van der Waals surface area contributed by atoms with Crippen molar-refractivity contribution in [3.8, 4) is 0 Å². The van der Waals surface area contributed by atoms with E-state index in [2.05, 4.69) is 15.0 Å². The number of nitrogens with one attached hydrogen (secondary N) is 1. The van der Waals surface area contributed by atoms with Crippen LogP contribution in [0, 0.1) is 5.41 Å². The molecule has 0 aromatic carbocycles. The van der Waals surface area contributed by atoms with Crippen molar-refractivity contribution in [1.82, 2.24) is 5.16 Å². The summed E-state index contributed by atoms with van der Waals surface area (Å²) < 4.78 is 4.62. The normalized spacial score (nSPS) is 18.6. The van der Waals surface area contributed by atoms with Crippen molar-refractivity contribution in [3.05, 3.63) is 12.3 Å². The van der Waals surface area contributed by atoms with Crippen LogP contribution in [0.1, 0.15) is 19.3 Å². The van der Waals surface area contributed by atoms with Crippen LogP contribution in [0.3, 0.4) is 0 Å². The monoisotopic (exact) mass is 195 g/mol. The van der Waals surface area contributed by atoms with Gasteiger partial charge in [0.1, 0.15) is 6.26 Å². The summed E-state index contributed by atoms with van der Waals surface area (Å²) in [6.07, 6.45) is 4.23. The third-order valence-electron chi connectivity index (χ3n) is 2.86. The molecule has 14 heavy (non-hydrogen) atoms. The molecule has 2 rings (SSSR count). The number of amides is 1. The second kappa shape index (κ2) is 3.42. The number of rotatable bonds is 3. The number of nitrogens with zero attached hydrogens (tertiary/aromatic N) is 1. The van der Waals surface area contributed by atoms with Crippen LogP contribution in [0.5, 0.6) is 0 Å². The Hall–Kier alpha value is -1.36. The second-order valence-electron chi connectivity index (χ2n) is 3.68. The zero-order valence-corrected chi connectivity index (χ0v) is 7.82. The number of nitrogens with two attached hydrogens (primary N) is 1. The molecule has 0 atom stereocenters. The molecule has 3 N–H and O–H groups in total. The summed E-state index contributed by atoms with van der Waals surface area (Å²) in [6.45, 7) is 0.399. The van der Waals surface area contributed by atoms with E-state index in [0.717, 1.165) is 19.3 Å². The Balaban J connectivity index is 2.01. The zero-order chi connectivity index (χ0) is 10.0. The molecule has 0 radical (unpaired) electrons. The van der Waals surface area contributed by atoms with Crippen molar-refractivity contribution in [3.63, 3.8) is 0 Å². The molecule has 5 heteroatoms. The Kier molecular flexibility index (Phi) is 2.25. The second-order valence-corrected chi connectivity index (χ2v) is 3.68. The third kappa shape index (κ3) is 1.39. The topological polar surface area (TPSA) is 81.2 Å². The van der Waals surface area contributed by atoms with Crippen molar-refractivity contribution in [2.75, 3.05) is 11.9 Å². The van der Waals surface area contributed by atoms with E-state index in [9.17, 15) is 4.79 Å². The van der Waals surface area contributed by atoms with Gasteiger partial charge in [-0.05, 0) is 12.8 Å². The van der Waals surface area contributed by atoms with E-state index in [4.69, 9.17) is 5.73 Å². The van der Waals surface area contributed by atoms with Gasteiger partial charge < -0.3 is 15.6 Å². The highest BCUT2D eigenvalue weighted by Crippen LogP contribution is 2.40. The van der Waals surface area contributed by atoms with Crippen LogP contribution in [-0.4, -0.2) is 17.6 Å². The van der Waals surface area contributed by atoms with Crippen molar-refractivity contribution >= 4 is 11.7 Å². The van der Waals surface area contributed by atoms with Gasteiger partial charge in [0.15, 0.2) is 5.82 Å². The molecular formula is C9H13N3O2. The highest BCUT2D eigenvalue weighted by Gasteiger charge is 2.42. The molecule has 1 amide bonds. The zero-order valence-electron chi connectivity index (χ0n) is 7.82. The van der Waals surface area contributed by atoms with Gasteiger partial charge in [0.05, 0.1) is 5.41 Å². The van der Waals surface area contributed by atoms with E-state index in [1.54, 1.807) is 6.07 Å². The van der Waals surface area contributed by atoms with Gasteiger partial charge in [0.25, 0.3) is 0 Å². The van der Waals surface area contributed by atoms with Crippen LogP contribution in [0.15, 0.2) is 16.9 Å². The molecule has 76 valence electrons. The Bertz CT molecular complexity index is 311. The van der Waals surface area contributed by atoms with Crippen LogP contribution in [0.2, 0.25) is 0 Å². The van der Waals surface area contributed by atoms with E-state index in [1.165, 1.54) is 6.26 Å². The highest BCUT2D eigenvalue weighted by atomic mass is 16.5. The lowest BCUT2D eigenvalue weighted by Gasteiger charge is -2.38. The smallest absolute Gasteiger partial charge is 0.233 e. The number of hydrogen-bond acceptors (Lipinski definition) is 4. The molecule has 0 spiro atoms. The van der Waals surface area contributed by atoms with Crippen LogP contribution in [-0.2, 0) is 4.79 Å². The molecule has 1 aromatic rings. The van der Waals surface area contributed by atoms with E-state index in [1.807, 2.05) is 0 Å². The quantitative estimate of drug-likeness (QED) is 0.745. The third-order valence-corrected chi connectivity index (χ3v) is 2.86. The van der Waals surface area contributed by atoms with Gasteiger partial charge >= 0.3 is 0 Å². The Labute approximate surface area is 81.6 Å². The van der Waals surface area contributed by atoms with Gasteiger partial charge in [-0.15, -0.1) is 0 Å². The summed E-state index contributed by atoms with van der Waals surface area (Å²) >= 11 is 0.